The summed E-state index contributed by atoms with van der Waals surface area (Å²) in [5.41, 5.74) is 0. The molecule has 0 aliphatic carbocycles. The van der Waals surface area contributed by atoms with Gasteiger partial charge in [0.25, 0.3) is 0 Å². The fourth-order valence-corrected chi connectivity index (χ4v) is 4.20. The third-order valence-electron chi connectivity index (χ3n) is 4.21. The molecule has 7 heteroatoms. The Labute approximate surface area is 136 Å². The number of rotatable bonds is 5. The second kappa shape index (κ2) is 6.82. The summed E-state index contributed by atoms with van der Waals surface area (Å²) < 4.78 is 35.6. The second-order valence-corrected chi connectivity index (χ2v) is 7.47. The van der Waals surface area contributed by atoms with Gasteiger partial charge in [-0.15, -0.1) is 0 Å². The lowest BCUT2D eigenvalue weighted by Gasteiger charge is -2.30. The fourth-order valence-electron chi connectivity index (χ4n) is 2.92. The summed E-state index contributed by atoms with van der Waals surface area (Å²) >= 11 is 0. The Morgan fingerprint density at radius 2 is 1.96 bits per heavy atom. The largest absolute Gasteiger partial charge is 0.381 e. The minimum absolute atomic E-state index is 0.170. The molecule has 1 aromatic carbocycles. The van der Waals surface area contributed by atoms with E-state index in [1.165, 1.54) is 0 Å². The number of hydrogen-bond acceptors (Lipinski definition) is 4. The van der Waals surface area contributed by atoms with Crippen molar-refractivity contribution in [2.75, 3.05) is 13.2 Å². The molecule has 2 aromatic rings. The van der Waals surface area contributed by atoms with E-state index < -0.39 is 10.0 Å². The Morgan fingerprint density at radius 3 is 2.57 bits per heavy atom. The van der Waals surface area contributed by atoms with Gasteiger partial charge in [0.2, 0.25) is 10.0 Å². The fraction of sp³-hybridized carbons (Fsp3) is 0.438. The SMILES string of the molecule is Cn1ccnc1[C@@H](NS(=O)(=O)c1ccccc1)C1CCOCC1. The summed E-state index contributed by atoms with van der Waals surface area (Å²) in [7, 11) is -1.72. The summed E-state index contributed by atoms with van der Waals surface area (Å²) in [5.74, 6) is 0.903. The van der Waals surface area contributed by atoms with E-state index in [1.54, 1.807) is 36.5 Å². The zero-order chi connectivity index (χ0) is 16.3. The Hall–Kier alpha value is -1.70. The maximum Gasteiger partial charge on any atom is 0.241 e. The molecular weight excluding hydrogens is 314 g/mol. The molecule has 124 valence electrons. The number of aromatic nitrogens is 2. The maximum atomic E-state index is 12.7. The highest BCUT2D eigenvalue weighted by Crippen LogP contribution is 2.30. The van der Waals surface area contributed by atoms with Gasteiger partial charge in [-0.05, 0) is 30.9 Å². The third kappa shape index (κ3) is 3.63. The molecule has 0 bridgehead atoms. The molecule has 2 heterocycles. The van der Waals surface area contributed by atoms with Gasteiger partial charge in [-0.1, -0.05) is 18.2 Å². The quantitative estimate of drug-likeness (QED) is 0.905. The molecule has 1 atom stereocenters. The molecule has 6 nitrogen and oxygen atoms in total. The smallest absolute Gasteiger partial charge is 0.241 e. The zero-order valence-electron chi connectivity index (χ0n) is 13.1. The van der Waals surface area contributed by atoms with Crippen LogP contribution in [0.2, 0.25) is 0 Å². The number of aryl methyl sites for hydroxylation is 1. The van der Waals surface area contributed by atoms with Gasteiger partial charge >= 0.3 is 0 Å². The minimum Gasteiger partial charge on any atom is -0.381 e. The van der Waals surface area contributed by atoms with Crippen LogP contribution in [0.3, 0.4) is 0 Å². The molecule has 1 aromatic heterocycles. The Bertz CT molecular complexity index is 737. The van der Waals surface area contributed by atoms with Crippen molar-refractivity contribution < 1.29 is 13.2 Å². The molecule has 23 heavy (non-hydrogen) atoms. The Morgan fingerprint density at radius 1 is 1.26 bits per heavy atom. The summed E-state index contributed by atoms with van der Waals surface area (Å²) in [5, 5.41) is 0. The molecule has 0 spiro atoms. The molecular formula is C16H21N3O3S. The molecule has 1 fully saturated rings. The van der Waals surface area contributed by atoms with Gasteiger partial charge in [-0.3, -0.25) is 0 Å². The van der Waals surface area contributed by atoms with Crippen LogP contribution in [-0.4, -0.2) is 31.2 Å². The number of imidazole rings is 1. The van der Waals surface area contributed by atoms with Crippen LogP contribution in [0.25, 0.3) is 0 Å². The first-order valence-electron chi connectivity index (χ1n) is 7.70. The van der Waals surface area contributed by atoms with E-state index in [-0.39, 0.29) is 16.9 Å². The van der Waals surface area contributed by atoms with Crippen LogP contribution in [0.4, 0.5) is 0 Å². The highest BCUT2D eigenvalue weighted by molar-refractivity contribution is 7.89. The zero-order valence-corrected chi connectivity index (χ0v) is 13.9. The van der Waals surface area contributed by atoms with E-state index in [9.17, 15) is 8.42 Å². The standard InChI is InChI=1S/C16H21N3O3S/c1-19-10-9-17-16(19)15(13-7-11-22-12-8-13)18-23(20,21)14-5-3-2-4-6-14/h2-6,9-10,13,15,18H,7-8,11-12H2,1H3/t15-/m0/s1. The van der Waals surface area contributed by atoms with Gasteiger partial charge < -0.3 is 9.30 Å². The average Bonchev–Trinajstić information content (AvgIpc) is 3.00. The second-order valence-electron chi connectivity index (χ2n) is 5.76. The summed E-state index contributed by atoms with van der Waals surface area (Å²) in [6.45, 7) is 1.30. The molecule has 1 N–H and O–H groups in total. The molecule has 1 aliphatic heterocycles. The number of nitrogens with zero attached hydrogens (tertiary/aromatic N) is 2. The van der Waals surface area contributed by atoms with Crippen molar-refractivity contribution in [1.29, 1.82) is 0 Å². The first-order chi connectivity index (χ1) is 11.1. The van der Waals surface area contributed by atoms with Crippen LogP contribution in [0.1, 0.15) is 24.7 Å². The number of ether oxygens (including phenoxy) is 1. The number of sulfonamides is 1. The van der Waals surface area contributed by atoms with Crippen LogP contribution in [0.15, 0.2) is 47.6 Å². The van der Waals surface area contributed by atoms with E-state index in [4.69, 9.17) is 4.74 Å². The molecule has 0 radical (unpaired) electrons. The predicted molar refractivity (Wildman–Crippen MR) is 86.3 cm³/mol. The van der Waals surface area contributed by atoms with Gasteiger partial charge in [0.15, 0.2) is 0 Å². The van der Waals surface area contributed by atoms with E-state index in [0.29, 0.717) is 13.2 Å². The van der Waals surface area contributed by atoms with Crippen molar-refractivity contribution in [1.82, 2.24) is 14.3 Å². The average molecular weight is 335 g/mol. The lowest BCUT2D eigenvalue weighted by atomic mass is 9.92. The van der Waals surface area contributed by atoms with Crippen LogP contribution in [0.5, 0.6) is 0 Å². The number of hydrogen-bond donors (Lipinski definition) is 1. The predicted octanol–water partition coefficient (Wildman–Crippen LogP) is 1.87. The molecule has 1 saturated heterocycles. The van der Waals surface area contributed by atoms with Crippen LogP contribution < -0.4 is 4.72 Å². The summed E-state index contributed by atoms with van der Waals surface area (Å²) in [4.78, 5) is 4.63. The minimum atomic E-state index is -3.60. The molecule has 0 saturated carbocycles. The molecule has 0 unspecified atom stereocenters. The monoisotopic (exact) mass is 335 g/mol. The first kappa shape index (κ1) is 16.2. The first-order valence-corrected chi connectivity index (χ1v) is 9.18. The van der Waals surface area contributed by atoms with E-state index in [0.717, 1.165) is 18.7 Å². The van der Waals surface area contributed by atoms with E-state index in [2.05, 4.69) is 9.71 Å². The lowest BCUT2D eigenvalue weighted by Crippen LogP contribution is -2.37. The van der Waals surface area contributed by atoms with Crippen LogP contribution in [-0.2, 0) is 21.8 Å². The Kier molecular flexibility index (Phi) is 4.79. The summed E-state index contributed by atoms with van der Waals surface area (Å²) in [6, 6.07) is 8.08. The van der Waals surface area contributed by atoms with Crippen molar-refractivity contribution in [2.24, 2.45) is 13.0 Å². The van der Waals surface area contributed by atoms with Gasteiger partial charge in [-0.2, -0.15) is 0 Å². The van der Waals surface area contributed by atoms with Gasteiger partial charge in [0.05, 0.1) is 10.9 Å². The maximum absolute atomic E-state index is 12.7. The number of benzene rings is 1. The third-order valence-corrected chi connectivity index (χ3v) is 5.67. The topological polar surface area (TPSA) is 73.2 Å². The van der Waals surface area contributed by atoms with Gasteiger partial charge in [0, 0.05) is 32.7 Å². The van der Waals surface area contributed by atoms with Crippen molar-refractivity contribution in [3.05, 3.63) is 48.5 Å². The highest BCUT2D eigenvalue weighted by atomic mass is 32.2. The van der Waals surface area contributed by atoms with Crippen molar-refractivity contribution in [3.63, 3.8) is 0 Å². The lowest BCUT2D eigenvalue weighted by molar-refractivity contribution is 0.0551. The number of nitrogens with one attached hydrogen (secondary N) is 1. The van der Waals surface area contributed by atoms with Crippen molar-refractivity contribution in [3.8, 4) is 0 Å². The van der Waals surface area contributed by atoms with Crippen molar-refractivity contribution in [2.45, 2.75) is 23.8 Å². The normalized spacial score (nSPS) is 18.0. The molecule has 1 aliphatic rings. The van der Waals surface area contributed by atoms with Crippen LogP contribution >= 0.6 is 0 Å². The summed E-state index contributed by atoms with van der Waals surface area (Å²) in [6.07, 6.45) is 5.15. The van der Waals surface area contributed by atoms with E-state index in [1.807, 2.05) is 17.8 Å². The van der Waals surface area contributed by atoms with Crippen LogP contribution in [0, 0.1) is 5.92 Å². The Balaban J connectivity index is 1.91. The van der Waals surface area contributed by atoms with Gasteiger partial charge in [-0.25, -0.2) is 18.1 Å². The van der Waals surface area contributed by atoms with Crippen molar-refractivity contribution >= 4 is 10.0 Å². The highest BCUT2D eigenvalue weighted by Gasteiger charge is 2.32. The molecule has 3 rings (SSSR count). The molecule has 0 amide bonds. The van der Waals surface area contributed by atoms with Gasteiger partial charge in [0.1, 0.15) is 5.82 Å². The van der Waals surface area contributed by atoms with E-state index >= 15 is 0 Å².